The van der Waals surface area contributed by atoms with Crippen molar-refractivity contribution in [2.45, 2.75) is 19.1 Å². The molecule has 2 aromatic rings. The number of carbonyl (C=O) groups is 1. The van der Waals surface area contributed by atoms with Crippen LogP contribution < -0.4 is 4.90 Å². The molecule has 5 heteroatoms. The summed E-state index contributed by atoms with van der Waals surface area (Å²) in [7, 11) is 0. The number of pyridine rings is 1. The number of carbonyl (C=O) groups excluding carboxylic acids is 1. The van der Waals surface area contributed by atoms with E-state index >= 15 is 0 Å². The zero-order valence-corrected chi connectivity index (χ0v) is 14.3. The van der Waals surface area contributed by atoms with E-state index < -0.39 is 0 Å². The first-order valence-electron chi connectivity index (χ1n) is 8.88. The van der Waals surface area contributed by atoms with Gasteiger partial charge in [-0.25, -0.2) is 4.98 Å². The topological polar surface area (TPSA) is 45.7 Å². The van der Waals surface area contributed by atoms with Gasteiger partial charge in [0.15, 0.2) is 0 Å². The first-order valence-corrected chi connectivity index (χ1v) is 8.88. The van der Waals surface area contributed by atoms with Gasteiger partial charge >= 0.3 is 0 Å². The SMILES string of the molecule is O=C(COCc1ccccc1)N1CCC2CN(c3ccccn3)CC21. The Bertz CT molecular complexity index is 707. The number of nitrogens with zero attached hydrogens (tertiary/aromatic N) is 3. The van der Waals surface area contributed by atoms with Gasteiger partial charge in [0.1, 0.15) is 12.4 Å². The molecule has 1 aromatic heterocycles. The van der Waals surface area contributed by atoms with E-state index in [-0.39, 0.29) is 18.6 Å². The molecule has 5 nitrogen and oxygen atoms in total. The van der Waals surface area contributed by atoms with E-state index in [9.17, 15) is 4.79 Å². The van der Waals surface area contributed by atoms with Gasteiger partial charge in [-0.05, 0) is 24.1 Å². The van der Waals surface area contributed by atoms with E-state index in [4.69, 9.17) is 4.74 Å². The summed E-state index contributed by atoms with van der Waals surface area (Å²) in [5, 5.41) is 0. The third-order valence-corrected chi connectivity index (χ3v) is 5.18. The Balaban J connectivity index is 1.32. The summed E-state index contributed by atoms with van der Waals surface area (Å²) in [5.41, 5.74) is 1.09. The average molecular weight is 337 g/mol. The van der Waals surface area contributed by atoms with Crippen LogP contribution in [0.2, 0.25) is 0 Å². The van der Waals surface area contributed by atoms with Crippen molar-refractivity contribution in [1.82, 2.24) is 9.88 Å². The fourth-order valence-electron chi connectivity index (χ4n) is 3.91. The van der Waals surface area contributed by atoms with Crippen molar-refractivity contribution >= 4 is 11.7 Å². The highest BCUT2D eigenvalue weighted by atomic mass is 16.5. The molecular formula is C20H23N3O2. The van der Waals surface area contributed by atoms with E-state index in [1.807, 2.05) is 59.6 Å². The van der Waals surface area contributed by atoms with Crippen LogP contribution in [0.1, 0.15) is 12.0 Å². The van der Waals surface area contributed by atoms with Gasteiger partial charge in [-0.15, -0.1) is 0 Å². The average Bonchev–Trinajstić information content (AvgIpc) is 3.24. The van der Waals surface area contributed by atoms with Crippen LogP contribution in [-0.4, -0.2) is 48.1 Å². The van der Waals surface area contributed by atoms with E-state index in [2.05, 4.69) is 9.88 Å². The van der Waals surface area contributed by atoms with Crippen molar-refractivity contribution < 1.29 is 9.53 Å². The molecule has 3 heterocycles. The van der Waals surface area contributed by atoms with Crippen LogP contribution in [0, 0.1) is 5.92 Å². The normalized spacial score (nSPS) is 22.2. The van der Waals surface area contributed by atoms with Crippen molar-refractivity contribution in [2.24, 2.45) is 5.92 Å². The third-order valence-electron chi connectivity index (χ3n) is 5.18. The summed E-state index contributed by atoms with van der Waals surface area (Å²) in [6.45, 7) is 3.33. The summed E-state index contributed by atoms with van der Waals surface area (Å²) in [6, 6.07) is 16.2. The lowest BCUT2D eigenvalue weighted by Crippen LogP contribution is -2.41. The Morgan fingerprint density at radius 3 is 2.76 bits per heavy atom. The zero-order chi connectivity index (χ0) is 17.1. The van der Waals surface area contributed by atoms with Gasteiger partial charge in [-0.3, -0.25) is 4.79 Å². The fraction of sp³-hybridized carbons (Fsp3) is 0.400. The van der Waals surface area contributed by atoms with Crippen LogP contribution in [0.5, 0.6) is 0 Å². The van der Waals surface area contributed by atoms with Crippen molar-refractivity contribution in [3.05, 3.63) is 60.3 Å². The molecule has 2 atom stereocenters. The first kappa shape index (κ1) is 16.1. The summed E-state index contributed by atoms with van der Waals surface area (Å²) >= 11 is 0. The summed E-state index contributed by atoms with van der Waals surface area (Å²) in [5.74, 6) is 1.65. The van der Waals surface area contributed by atoms with Crippen LogP contribution in [0.15, 0.2) is 54.7 Å². The summed E-state index contributed by atoms with van der Waals surface area (Å²) < 4.78 is 5.64. The van der Waals surface area contributed by atoms with Crippen LogP contribution in [0.4, 0.5) is 5.82 Å². The molecule has 0 N–H and O–H groups in total. The van der Waals surface area contributed by atoms with Crippen LogP contribution in [0.25, 0.3) is 0 Å². The molecule has 0 spiro atoms. The number of amides is 1. The molecule has 4 rings (SSSR count). The van der Waals surface area contributed by atoms with Gasteiger partial charge in [-0.2, -0.15) is 0 Å². The van der Waals surface area contributed by atoms with Crippen LogP contribution >= 0.6 is 0 Å². The predicted octanol–water partition coefficient (Wildman–Crippen LogP) is 2.34. The maximum atomic E-state index is 12.6. The fourth-order valence-corrected chi connectivity index (χ4v) is 3.91. The second-order valence-corrected chi connectivity index (χ2v) is 6.77. The van der Waals surface area contributed by atoms with Crippen molar-refractivity contribution in [3.8, 4) is 0 Å². The monoisotopic (exact) mass is 337 g/mol. The molecule has 2 saturated heterocycles. The Morgan fingerprint density at radius 1 is 1.12 bits per heavy atom. The van der Waals surface area contributed by atoms with E-state index in [0.29, 0.717) is 12.5 Å². The zero-order valence-electron chi connectivity index (χ0n) is 14.3. The quantitative estimate of drug-likeness (QED) is 0.840. The van der Waals surface area contributed by atoms with E-state index in [1.54, 1.807) is 0 Å². The lowest BCUT2D eigenvalue weighted by atomic mass is 10.1. The number of fused-ring (bicyclic) bond motifs is 1. The minimum atomic E-state index is 0.103. The number of rotatable bonds is 5. The second-order valence-electron chi connectivity index (χ2n) is 6.77. The lowest BCUT2D eigenvalue weighted by molar-refractivity contribution is -0.137. The van der Waals surface area contributed by atoms with Gasteiger partial charge in [0.25, 0.3) is 0 Å². The highest BCUT2D eigenvalue weighted by Crippen LogP contribution is 2.33. The molecule has 0 radical (unpaired) electrons. The maximum Gasteiger partial charge on any atom is 0.248 e. The number of benzene rings is 1. The molecule has 2 aliphatic heterocycles. The highest BCUT2D eigenvalue weighted by Gasteiger charge is 2.43. The van der Waals surface area contributed by atoms with Gasteiger partial charge in [0.2, 0.25) is 5.91 Å². The molecule has 0 bridgehead atoms. The molecular weight excluding hydrogens is 314 g/mol. The summed E-state index contributed by atoms with van der Waals surface area (Å²) in [6.07, 6.45) is 2.89. The number of likely N-dealkylation sites (tertiary alicyclic amines) is 1. The Labute approximate surface area is 148 Å². The van der Waals surface area contributed by atoms with Gasteiger partial charge in [-0.1, -0.05) is 36.4 Å². The molecule has 130 valence electrons. The Hall–Kier alpha value is -2.40. The maximum absolute atomic E-state index is 12.6. The van der Waals surface area contributed by atoms with Gasteiger partial charge in [0.05, 0.1) is 12.6 Å². The molecule has 0 aliphatic carbocycles. The standard InChI is InChI=1S/C20H23N3O2/c24-20(15-25-14-16-6-2-1-3-7-16)23-11-9-17-12-22(13-18(17)23)19-8-4-5-10-21-19/h1-8,10,17-18H,9,11-15H2. The number of aromatic nitrogens is 1. The second kappa shape index (κ2) is 7.23. The minimum Gasteiger partial charge on any atom is -0.367 e. The first-order chi connectivity index (χ1) is 12.3. The van der Waals surface area contributed by atoms with Crippen LogP contribution in [-0.2, 0) is 16.1 Å². The van der Waals surface area contributed by atoms with Crippen molar-refractivity contribution in [2.75, 3.05) is 31.1 Å². The highest BCUT2D eigenvalue weighted by molar-refractivity contribution is 5.78. The third kappa shape index (κ3) is 3.51. The van der Waals surface area contributed by atoms with Gasteiger partial charge in [0, 0.05) is 31.7 Å². The molecule has 2 aliphatic rings. The molecule has 1 aromatic carbocycles. The Kier molecular flexibility index (Phi) is 4.65. The molecule has 0 saturated carbocycles. The molecule has 1 amide bonds. The van der Waals surface area contributed by atoms with E-state index in [1.165, 1.54) is 0 Å². The predicted molar refractivity (Wildman–Crippen MR) is 96.2 cm³/mol. The smallest absolute Gasteiger partial charge is 0.248 e. The minimum absolute atomic E-state index is 0.103. The number of ether oxygens (including phenoxy) is 1. The number of hydrogen-bond acceptors (Lipinski definition) is 4. The van der Waals surface area contributed by atoms with Crippen molar-refractivity contribution in [1.29, 1.82) is 0 Å². The number of anilines is 1. The largest absolute Gasteiger partial charge is 0.367 e. The van der Waals surface area contributed by atoms with Crippen molar-refractivity contribution in [3.63, 3.8) is 0 Å². The lowest BCUT2D eigenvalue weighted by Gasteiger charge is -2.25. The van der Waals surface area contributed by atoms with E-state index in [0.717, 1.165) is 37.4 Å². The van der Waals surface area contributed by atoms with Gasteiger partial charge < -0.3 is 14.5 Å². The molecule has 2 unspecified atom stereocenters. The molecule has 2 fully saturated rings. The molecule has 25 heavy (non-hydrogen) atoms. The Morgan fingerprint density at radius 2 is 1.96 bits per heavy atom. The van der Waals surface area contributed by atoms with Crippen LogP contribution in [0.3, 0.4) is 0 Å². The summed E-state index contributed by atoms with van der Waals surface area (Å²) in [4.78, 5) is 21.3. The number of hydrogen-bond donors (Lipinski definition) is 0.